The number of hydrogen-bond acceptors (Lipinski definition) is 5. The zero-order valence-corrected chi connectivity index (χ0v) is 12.5. The Hall–Kier alpha value is -3.02. The number of nitrogens with zero attached hydrogens (tertiary/aromatic N) is 1. The molecular formula is C17H16N2O4. The van der Waals surface area contributed by atoms with Crippen LogP contribution in [0.15, 0.2) is 53.6 Å². The summed E-state index contributed by atoms with van der Waals surface area (Å²) in [5.41, 5.74) is 3.90. The van der Waals surface area contributed by atoms with E-state index < -0.39 is 6.10 Å². The fraction of sp³-hybridized carbons (Fsp3) is 0.176. The van der Waals surface area contributed by atoms with Gasteiger partial charge in [0.15, 0.2) is 11.5 Å². The van der Waals surface area contributed by atoms with Crippen LogP contribution < -0.4 is 14.9 Å². The van der Waals surface area contributed by atoms with Gasteiger partial charge in [-0.05, 0) is 48.9 Å². The molecule has 1 heterocycles. The minimum atomic E-state index is -0.749. The van der Waals surface area contributed by atoms with Gasteiger partial charge in [0.05, 0.1) is 5.71 Å². The van der Waals surface area contributed by atoms with Crippen LogP contribution in [0.5, 0.6) is 17.2 Å². The first kappa shape index (κ1) is 14.9. The van der Waals surface area contributed by atoms with Gasteiger partial charge in [0.25, 0.3) is 5.91 Å². The lowest BCUT2D eigenvalue weighted by Gasteiger charge is -2.24. The lowest BCUT2D eigenvalue weighted by atomic mass is 10.1. The molecule has 0 aliphatic carbocycles. The Morgan fingerprint density at radius 1 is 1.17 bits per heavy atom. The van der Waals surface area contributed by atoms with E-state index in [9.17, 15) is 9.90 Å². The smallest absolute Gasteiger partial charge is 0.284 e. The molecule has 0 unspecified atom stereocenters. The maximum atomic E-state index is 12.1. The summed E-state index contributed by atoms with van der Waals surface area (Å²) in [4.78, 5) is 12.1. The zero-order valence-electron chi connectivity index (χ0n) is 12.5. The topological polar surface area (TPSA) is 80.2 Å². The summed E-state index contributed by atoms with van der Waals surface area (Å²) < 4.78 is 11.1. The number of amides is 1. The van der Waals surface area contributed by atoms with Crippen LogP contribution in [0.2, 0.25) is 0 Å². The third-order valence-electron chi connectivity index (χ3n) is 3.42. The number of ether oxygens (including phenoxy) is 2. The van der Waals surface area contributed by atoms with E-state index in [2.05, 4.69) is 10.5 Å². The van der Waals surface area contributed by atoms with E-state index in [0.717, 1.165) is 5.56 Å². The van der Waals surface area contributed by atoms with E-state index >= 15 is 0 Å². The fourth-order valence-electron chi connectivity index (χ4n) is 2.13. The molecule has 0 aromatic heterocycles. The van der Waals surface area contributed by atoms with Crippen molar-refractivity contribution in [3.8, 4) is 17.2 Å². The van der Waals surface area contributed by atoms with Crippen molar-refractivity contribution in [1.82, 2.24) is 5.43 Å². The van der Waals surface area contributed by atoms with Gasteiger partial charge in [0.1, 0.15) is 12.4 Å². The first-order valence-corrected chi connectivity index (χ1v) is 7.15. The van der Waals surface area contributed by atoms with Crippen molar-refractivity contribution in [2.24, 2.45) is 5.10 Å². The van der Waals surface area contributed by atoms with Crippen molar-refractivity contribution in [3.05, 3.63) is 54.1 Å². The average Bonchev–Trinajstić information content (AvgIpc) is 2.59. The highest BCUT2D eigenvalue weighted by Gasteiger charge is 2.27. The summed E-state index contributed by atoms with van der Waals surface area (Å²) in [6.07, 6.45) is -0.749. The molecule has 2 N–H and O–H groups in total. The van der Waals surface area contributed by atoms with Crippen LogP contribution in [0.1, 0.15) is 12.5 Å². The van der Waals surface area contributed by atoms with Gasteiger partial charge in [-0.15, -0.1) is 0 Å². The number of para-hydroxylation sites is 2. The van der Waals surface area contributed by atoms with Crippen molar-refractivity contribution in [2.45, 2.75) is 13.0 Å². The SMILES string of the molecule is C/C(=N\NC(=O)[C@H]1COc2ccccc2O1)c1ccc(O)cc1. The lowest BCUT2D eigenvalue weighted by molar-refractivity contribution is -0.130. The van der Waals surface area contributed by atoms with Gasteiger partial charge in [0.2, 0.25) is 6.10 Å². The maximum Gasteiger partial charge on any atom is 0.284 e. The predicted octanol–water partition coefficient (Wildman–Crippen LogP) is 2.07. The minimum Gasteiger partial charge on any atom is -0.508 e. The van der Waals surface area contributed by atoms with Crippen molar-refractivity contribution in [1.29, 1.82) is 0 Å². The standard InChI is InChI=1S/C17H16N2O4/c1-11(12-6-8-13(20)9-7-12)18-19-17(21)16-10-22-14-4-2-3-5-15(14)23-16/h2-9,16,20H,10H2,1H3,(H,19,21)/b18-11+/t16-/m1/s1. The largest absolute Gasteiger partial charge is 0.508 e. The number of carbonyl (C=O) groups is 1. The summed E-state index contributed by atoms with van der Waals surface area (Å²) in [6.45, 7) is 1.90. The van der Waals surface area contributed by atoms with Gasteiger partial charge in [0, 0.05) is 0 Å². The summed E-state index contributed by atoms with van der Waals surface area (Å²) in [7, 11) is 0. The van der Waals surface area contributed by atoms with E-state index in [-0.39, 0.29) is 18.3 Å². The number of fused-ring (bicyclic) bond motifs is 1. The lowest BCUT2D eigenvalue weighted by Crippen LogP contribution is -2.42. The molecular weight excluding hydrogens is 296 g/mol. The first-order valence-electron chi connectivity index (χ1n) is 7.15. The second kappa shape index (κ2) is 6.39. The molecule has 2 aromatic carbocycles. The van der Waals surface area contributed by atoms with Crippen LogP contribution in [-0.2, 0) is 4.79 Å². The summed E-state index contributed by atoms with van der Waals surface area (Å²) in [6, 6.07) is 13.8. The van der Waals surface area contributed by atoms with Crippen LogP contribution in [0.25, 0.3) is 0 Å². The predicted molar refractivity (Wildman–Crippen MR) is 84.8 cm³/mol. The van der Waals surface area contributed by atoms with Crippen LogP contribution in [-0.4, -0.2) is 29.4 Å². The number of phenolic OH excluding ortho intramolecular Hbond substituents is 1. The molecule has 6 nitrogen and oxygen atoms in total. The molecule has 0 radical (unpaired) electrons. The Labute approximate surface area is 133 Å². The third-order valence-corrected chi connectivity index (χ3v) is 3.42. The van der Waals surface area contributed by atoms with Crippen LogP contribution >= 0.6 is 0 Å². The first-order chi connectivity index (χ1) is 11.1. The van der Waals surface area contributed by atoms with Crippen molar-refractivity contribution in [2.75, 3.05) is 6.61 Å². The molecule has 0 saturated carbocycles. The molecule has 6 heteroatoms. The van der Waals surface area contributed by atoms with E-state index in [1.165, 1.54) is 0 Å². The number of phenols is 1. The molecule has 23 heavy (non-hydrogen) atoms. The van der Waals surface area contributed by atoms with Crippen LogP contribution in [0.3, 0.4) is 0 Å². The van der Waals surface area contributed by atoms with Crippen LogP contribution in [0, 0.1) is 0 Å². The Kier molecular flexibility index (Phi) is 4.14. The molecule has 1 atom stereocenters. The molecule has 0 bridgehead atoms. The summed E-state index contributed by atoms with van der Waals surface area (Å²) in [5, 5.41) is 13.3. The van der Waals surface area contributed by atoms with E-state index in [1.54, 1.807) is 43.3 Å². The number of rotatable bonds is 3. The minimum absolute atomic E-state index is 0.136. The maximum absolute atomic E-state index is 12.1. The normalized spacial score (nSPS) is 16.7. The van der Waals surface area contributed by atoms with E-state index in [1.807, 2.05) is 12.1 Å². The van der Waals surface area contributed by atoms with Gasteiger partial charge in [-0.2, -0.15) is 5.10 Å². The molecule has 118 valence electrons. The van der Waals surface area contributed by atoms with E-state index in [0.29, 0.717) is 17.2 Å². The fourth-order valence-corrected chi connectivity index (χ4v) is 2.13. The second-order valence-electron chi connectivity index (χ2n) is 5.08. The quantitative estimate of drug-likeness (QED) is 0.671. The Morgan fingerprint density at radius 3 is 2.61 bits per heavy atom. The number of hydrogen-bond donors (Lipinski definition) is 2. The van der Waals surface area contributed by atoms with Gasteiger partial charge in [-0.25, -0.2) is 5.43 Å². The van der Waals surface area contributed by atoms with Gasteiger partial charge in [-0.1, -0.05) is 12.1 Å². The molecule has 0 saturated heterocycles. The highest BCUT2D eigenvalue weighted by atomic mass is 16.6. The number of carbonyl (C=O) groups excluding carboxylic acids is 1. The third kappa shape index (κ3) is 3.42. The second-order valence-corrected chi connectivity index (χ2v) is 5.08. The van der Waals surface area contributed by atoms with Gasteiger partial charge in [-0.3, -0.25) is 4.79 Å². The van der Waals surface area contributed by atoms with Crippen LogP contribution in [0.4, 0.5) is 0 Å². The van der Waals surface area contributed by atoms with E-state index in [4.69, 9.17) is 9.47 Å². The number of benzene rings is 2. The highest BCUT2D eigenvalue weighted by Crippen LogP contribution is 2.30. The van der Waals surface area contributed by atoms with Gasteiger partial charge >= 0.3 is 0 Å². The molecule has 0 spiro atoms. The molecule has 3 rings (SSSR count). The average molecular weight is 312 g/mol. The highest BCUT2D eigenvalue weighted by molar-refractivity contribution is 5.99. The molecule has 2 aromatic rings. The summed E-state index contributed by atoms with van der Waals surface area (Å²) >= 11 is 0. The number of hydrazone groups is 1. The molecule has 1 amide bonds. The van der Waals surface area contributed by atoms with Gasteiger partial charge < -0.3 is 14.6 Å². The molecule has 1 aliphatic heterocycles. The van der Waals surface area contributed by atoms with Crippen molar-refractivity contribution < 1.29 is 19.4 Å². The number of nitrogens with one attached hydrogen (secondary N) is 1. The molecule has 1 aliphatic rings. The monoisotopic (exact) mass is 312 g/mol. The van der Waals surface area contributed by atoms with Crippen molar-refractivity contribution in [3.63, 3.8) is 0 Å². The zero-order chi connectivity index (χ0) is 16.2. The van der Waals surface area contributed by atoms with Crippen molar-refractivity contribution >= 4 is 11.6 Å². The molecule has 0 fully saturated rings. The number of aromatic hydroxyl groups is 1. The summed E-state index contributed by atoms with van der Waals surface area (Å²) in [5.74, 6) is 0.966. The Morgan fingerprint density at radius 2 is 1.87 bits per heavy atom. The Bertz CT molecular complexity index is 741. The Balaban J connectivity index is 1.63.